The smallest absolute Gasteiger partial charge is 0.230 e. The monoisotopic (exact) mass is 232 g/mol. The topological polar surface area (TPSA) is 55.1 Å². The first-order chi connectivity index (χ1) is 8.19. The standard InChI is InChI=1S/C14H20N2O/c1-2-10-16-13(17)14(8-3-9-14)11-4-6-12(15)7-5-11/h4-7H,2-3,8-10,15H2,1H3,(H,16,17). The molecule has 3 N–H and O–H groups in total. The fraction of sp³-hybridized carbons (Fsp3) is 0.500. The molecule has 1 aliphatic carbocycles. The van der Waals surface area contributed by atoms with Crippen molar-refractivity contribution < 1.29 is 4.79 Å². The first kappa shape index (κ1) is 12.0. The molecule has 1 amide bonds. The van der Waals surface area contributed by atoms with E-state index in [1.165, 1.54) is 0 Å². The van der Waals surface area contributed by atoms with E-state index in [0.29, 0.717) is 0 Å². The van der Waals surface area contributed by atoms with Crippen LogP contribution in [0.4, 0.5) is 5.69 Å². The van der Waals surface area contributed by atoms with E-state index in [-0.39, 0.29) is 11.3 Å². The van der Waals surface area contributed by atoms with E-state index >= 15 is 0 Å². The molecule has 2 rings (SSSR count). The van der Waals surface area contributed by atoms with E-state index in [1.54, 1.807) is 0 Å². The third-order valence-electron chi connectivity index (χ3n) is 3.64. The van der Waals surface area contributed by atoms with Crippen molar-refractivity contribution in [1.29, 1.82) is 0 Å². The summed E-state index contributed by atoms with van der Waals surface area (Å²) in [5.41, 5.74) is 7.25. The highest BCUT2D eigenvalue weighted by molar-refractivity contribution is 5.89. The van der Waals surface area contributed by atoms with Crippen LogP contribution in [0.15, 0.2) is 24.3 Å². The molecule has 1 aliphatic rings. The van der Waals surface area contributed by atoms with Gasteiger partial charge in [-0.25, -0.2) is 0 Å². The number of rotatable bonds is 4. The molecule has 0 aromatic heterocycles. The van der Waals surface area contributed by atoms with Crippen LogP contribution in [0, 0.1) is 0 Å². The largest absolute Gasteiger partial charge is 0.399 e. The number of nitrogens with one attached hydrogen (secondary N) is 1. The van der Waals surface area contributed by atoms with Crippen molar-refractivity contribution >= 4 is 11.6 Å². The summed E-state index contributed by atoms with van der Waals surface area (Å²) in [6.45, 7) is 2.83. The molecule has 0 unspecified atom stereocenters. The van der Waals surface area contributed by atoms with Gasteiger partial charge in [-0.05, 0) is 37.0 Å². The number of carbonyl (C=O) groups excluding carboxylic acids is 1. The molecule has 0 saturated heterocycles. The quantitative estimate of drug-likeness (QED) is 0.782. The summed E-state index contributed by atoms with van der Waals surface area (Å²) in [6, 6.07) is 7.73. The molecular formula is C14H20N2O. The number of amides is 1. The van der Waals surface area contributed by atoms with Gasteiger partial charge in [-0.3, -0.25) is 4.79 Å². The number of nitrogen functional groups attached to an aromatic ring is 1. The zero-order valence-electron chi connectivity index (χ0n) is 10.3. The molecule has 1 aromatic rings. The van der Waals surface area contributed by atoms with Crippen LogP contribution in [0.25, 0.3) is 0 Å². The summed E-state index contributed by atoms with van der Waals surface area (Å²) in [7, 11) is 0. The third kappa shape index (κ3) is 2.14. The highest BCUT2D eigenvalue weighted by Crippen LogP contribution is 2.44. The van der Waals surface area contributed by atoms with Crippen LogP contribution < -0.4 is 11.1 Å². The van der Waals surface area contributed by atoms with Crippen LogP contribution in [-0.2, 0) is 10.2 Å². The molecule has 17 heavy (non-hydrogen) atoms. The minimum atomic E-state index is -0.289. The first-order valence-corrected chi connectivity index (χ1v) is 6.33. The zero-order valence-corrected chi connectivity index (χ0v) is 10.3. The number of benzene rings is 1. The highest BCUT2D eigenvalue weighted by atomic mass is 16.2. The minimum Gasteiger partial charge on any atom is -0.399 e. The molecule has 1 saturated carbocycles. The van der Waals surface area contributed by atoms with Crippen LogP contribution >= 0.6 is 0 Å². The van der Waals surface area contributed by atoms with Crippen molar-refractivity contribution in [2.24, 2.45) is 0 Å². The second-order valence-electron chi connectivity index (χ2n) is 4.81. The summed E-state index contributed by atoms with van der Waals surface area (Å²) in [4.78, 5) is 12.2. The second kappa shape index (κ2) is 4.78. The number of hydrogen-bond acceptors (Lipinski definition) is 2. The van der Waals surface area contributed by atoms with Crippen LogP contribution in [0.2, 0.25) is 0 Å². The molecule has 92 valence electrons. The Morgan fingerprint density at radius 1 is 1.35 bits per heavy atom. The van der Waals surface area contributed by atoms with Gasteiger partial charge >= 0.3 is 0 Å². The summed E-state index contributed by atoms with van der Waals surface area (Å²) in [5, 5.41) is 3.02. The van der Waals surface area contributed by atoms with Gasteiger partial charge in [0, 0.05) is 12.2 Å². The summed E-state index contributed by atoms with van der Waals surface area (Å²) >= 11 is 0. The van der Waals surface area contributed by atoms with Crippen molar-refractivity contribution in [2.45, 2.75) is 38.0 Å². The van der Waals surface area contributed by atoms with Crippen molar-refractivity contribution in [3.8, 4) is 0 Å². The zero-order chi connectivity index (χ0) is 12.3. The van der Waals surface area contributed by atoms with Crippen molar-refractivity contribution in [2.75, 3.05) is 12.3 Å². The van der Waals surface area contributed by atoms with Gasteiger partial charge < -0.3 is 11.1 Å². The van der Waals surface area contributed by atoms with Gasteiger partial charge in [0.15, 0.2) is 0 Å². The number of nitrogens with two attached hydrogens (primary N) is 1. The Bertz CT molecular complexity index is 393. The van der Waals surface area contributed by atoms with Crippen molar-refractivity contribution in [3.05, 3.63) is 29.8 Å². The molecule has 0 aliphatic heterocycles. The average Bonchev–Trinajstić information content (AvgIpc) is 2.27. The van der Waals surface area contributed by atoms with Crippen molar-refractivity contribution in [1.82, 2.24) is 5.32 Å². The van der Waals surface area contributed by atoms with E-state index in [4.69, 9.17) is 5.73 Å². The Balaban J connectivity index is 2.19. The Morgan fingerprint density at radius 3 is 2.47 bits per heavy atom. The van der Waals surface area contributed by atoms with E-state index in [2.05, 4.69) is 12.2 Å². The maximum atomic E-state index is 12.2. The predicted octanol–water partition coefficient (Wildman–Crippen LogP) is 2.22. The summed E-state index contributed by atoms with van der Waals surface area (Å²) < 4.78 is 0. The van der Waals surface area contributed by atoms with Gasteiger partial charge in [0.2, 0.25) is 5.91 Å². The van der Waals surface area contributed by atoms with Gasteiger partial charge in [-0.2, -0.15) is 0 Å². The minimum absolute atomic E-state index is 0.176. The van der Waals surface area contributed by atoms with Gasteiger partial charge in [-0.1, -0.05) is 25.5 Å². The molecule has 0 spiro atoms. The molecule has 1 aromatic carbocycles. The Kier molecular flexibility index (Phi) is 3.36. The summed E-state index contributed by atoms with van der Waals surface area (Å²) in [5.74, 6) is 0.176. The highest BCUT2D eigenvalue weighted by Gasteiger charge is 2.45. The maximum absolute atomic E-state index is 12.2. The Labute approximate surface area is 102 Å². The molecule has 0 radical (unpaired) electrons. The molecule has 0 bridgehead atoms. The van der Waals surface area contributed by atoms with Crippen LogP contribution in [0.1, 0.15) is 38.2 Å². The number of anilines is 1. The van der Waals surface area contributed by atoms with E-state index in [0.717, 1.165) is 43.5 Å². The molecule has 0 atom stereocenters. The molecule has 0 heterocycles. The average molecular weight is 232 g/mol. The molecule has 3 heteroatoms. The fourth-order valence-corrected chi connectivity index (χ4v) is 2.39. The molecule has 1 fully saturated rings. The summed E-state index contributed by atoms with van der Waals surface area (Å²) in [6.07, 6.45) is 4.01. The van der Waals surface area contributed by atoms with Crippen molar-refractivity contribution in [3.63, 3.8) is 0 Å². The lowest BCUT2D eigenvalue weighted by molar-refractivity contribution is -0.129. The third-order valence-corrected chi connectivity index (χ3v) is 3.64. The number of carbonyl (C=O) groups is 1. The maximum Gasteiger partial charge on any atom is 0.230 e. The van der Waals surface area contributed by atoms with Gasteiger partial charge in [0.05, 0.1) is 5.41 Å². The van der Waals surface area contributed by atoms with Crippen LogP contribution in [0.3, 0.4) is 0 Å². The molecule has 3 nitrogen and oxygen atoms in total. The van der Waals surface area contributed by atoms with Crippen LogP contribution in [-0.4, -0.2) is 12.5 Å². The Morgan fingerprint density at radius 2 is 2.00 bits per heavy atom. The first-order valence-electron chi connectivity index (χ1n) is 6.33. The lowest BCUT2D eigenvalue weighted by Gasteiger charge is -2.40. The van der Waals surface area contributed by atoms with Gasteiger partial charge in [0.25, 0.3) is 0 Å². The van der Waals surface area contributed by atoms with Crippen LogP contribution in [0.5, 0.6) is 0 Å². The normalized spacial score (nSPS) is 17.2. The Hall–Kier alpha value is -1.51. The van der Waals surface area contributed by atoms with E-state index < -0.39 is 0 Å². The van der Waals surface area contributed by atoms with E-state index in [9.17, 15) is 4.79 Å². The second-order valence-corrected chi connectivity index (χ2v) is 4.81. The predicted molar refractivity (Wildman–Crippen MR) is 69.7 cm³/mol. The SMILES string of the molecule is CCCNC(=O)C1(c2ccc(N)cc2)CCC1. The fourth-order valence-electron chi connectivity index (χ4n) is 2.39. The van der Waals surface area contributed by atoms with Gasteiger partial charge in [0.1, 0.15) is 0 Å². The lowest BCUT2D eigenvalue weighted by Crippen LogP contribution is -2.49. The molecular weight excluding hydrogens is 212 g/mol. The van der Waals surface area contributed by atoms with E-state index in [1.807, 2.05) is 24.3 Å². The van der Waals surface area contributed by atoms with Gasteiger partial charge in [-0.15, -0.1) is 0 Å². The lowest BCUT2D eigenvalue weighted by atomic mass is 9.64. The number of hydrogen-bond donors (Lipinski definition) is 2.